The number of aromatic nitrogens is 4. The van der Waals surface area contributed by atoms with Crippen LogP contribution in [0.4, 0.5) is 5.95 Å². The number of carbonyl (C=O) groups excluding carboxylic acids is 1. The van der Waals surface area contributed by atoms with Crippen molar-refractivity contribution in [1.82, 2.24) is 30.0 Å². The van der Waals surface area contributed by atoms with E-state index in [0.29, 0.717) is 17.8 Å². The average Bonchev–Trinajstić information content (AvgIpc) is 3.40. The van der Waals surface area contributed by atoms with Gasteiger partial charge in [0, 0.05) is 56.9 Å². The highest BCUT2D eigenvalue weighted by molar-refractivity contribution is 6.00. The summed E-state index contributed by atoms with van der Waals surface area (Å²) in [6.07, 6.45) is 6.29. The van der Waals surface area contributed by atoms with Crippen LogP contribution in [-0.4, -0.2) is 69.8 Å². The van der Waals surface area contributed by atoms with Crippen LogP contribution >= 0.6 is 0 Å². The van der Waals surface area contributed by atoms with Gasteiger partial charge in [0.1, 0.15) is 5.69 Å². The number of nitrogens with one attached hydrogen (secondary N) is 1. The van der Waals surface area contributed by atoms with Gasteiger partial charge in [-0.1, -0.05) is 30.3 Å². The van der Waals surface area contributed by atoms with Crippen molar-refractivity contribution in [2.24, 2.45) is 0 Å². The second-order valence-corrected chi connectivity index (χ2v) is 9.46. The van der Waals surface area contributed by atoms with Crippen molar-refractivity contribution in [2.45, 2.75) is 20.3 Å². The monoisotopic (exact) mass is 495 g/mol. The molecule has 2 aromatic carbocycles. The number of para-hydroxylation sites is 1. The summed E-state index contributed by atoms with van der Waals surface area (Å²) in [6, 6.07) is 18.0. The van der Waals surface area contributed by atoms with E-state index in [2.05, 4.69) is 51.1 Å². The molecule has 1 N–H and O–H groups in total. The van der Waals surface area contributed by atoms with E-state index in [0.717, 1.165) is 56.3 Å². The smallest absolute Gasteiger partial charge is 0.255 e. The summed E-state index contributed by atoms with van der Waals surface area (Å²) in [5.41, 5.74) is 5.55. The fraction of sp³-hybridized carbons (Fsp3) is 0.310. The maximum Gasteiger partial charge on any atom is 0.255 e. The molecule has 4 aromatic rings. The third-order valence-electron chi connectivity index (χ3n) is 6.90. The number of benzene rings is 2. The quantitative estimate of drug-likeness (QED) is 0.374. The van der Waals surface area contributed by atoms with Crippen molar-refractivity contribution in [3.8, 4) is 16.9 Å². The lowest BCUT2D eigenvalue weighted by atomic mass is 10.0. The standard InChI is InChI=1S/C29H33N7O/c1-22-10-11-24(20-23(22)2)27-26(21-36(33-27)25-8-4-3-5-9-25)28(37)30-14-7-15-34-16-18-35(19-17-34)29-31-12-6-13-32-29/h3-6,8-13,20-21H,7,14-19H2,1-2H3,(H,30,37). The highest BCUT2D eigenvalue weighted by Crippen LogP contribution is 2.26. The van der Waals surface area contributed by atoms with E-state index >= 15 is 0 Å². The minimum Gasteiger partial charge on any atom is -0.352 e. The lowest BCUT2D eigenvalue weighted by Crippen LogP contribution is -2.47. The fourth-order valence-corrected chi connectivity index (χ4v) is 4.58. The molecule has 1 aliphatic heterocycles. The molecule has 0 saturated carbocycles. The van der Waals surface area contributed by atoms with Crippen LogP contribution in [0.15, 0.2) is 73.2 Å². The fourth-order valence-electron chi connectivity index (χ4n) is 4.58. The van der Waals surface area contributed by atoms with E-state index in [1.54, 1.807) is 17.1 Å². The lowest BCUT2D eigenvalue weighted by Gasteiger charge is -2.34. The van der Waals surface area contributed by atoms with Crippen molar-refractivity contribution in [1.29, 1.82) is 0 Å². The van der Waals surface area contributed by atoms with Crippen LogP contribution in [0.2, 0.25) is 0 Å². The van der Waals surface area contributed by atoms with Crippen molar-refractivity contribution < 1.29 is 4.79 Å². The summed E-state index contributed by atoms with van der Waals surface area (Å²) < 4.78 is 1.79. The van der Waals surface area contributed by atoms with Gasteiger partial charge in [0.25, 0.3) is 5.91 Å². The number of carbonyl (C=O) groups is 1. The number of hydrogen-bond donors (Lipinski definition) is 1. The van der Waals surface area contributed by atoms with Crippen molar-refractivity contribution in [3.63, 3.8) is 0 Å². The van der Waals surface area contributed by atoms with Crippen LogP contribution in [0.25, 0.3) is 16.9 Å². The first-order valence-corrected chi connectivity index (χ1v) is 12.8. The molecule has 3 heterocycles. The van der Waals surface area contributed by atoms with Gasteiger partial charge in [-0.2, -0.15) is 5.10 Å². The van der Waals surface area contributed by atoms with Gasteiger partial charge in [-0.3, -0.25) is 9.69 Å². The molecule has 190 valence electrons. The van der Waals surface area contributed by atoms with Gasteiger partial charge in [-0.25, -0.2) is 14.6 Å². The Balaban J connectivity index is 1.20. The van der Waals surface area contributed by atoms with Crippen LogP contribution < -0.4 is 10.2 Å². The lowest BCUT2D eigenvalue weighted by molar-refractivity contribution is 0.0952. The number of nitrogens with zero attached hydrogens (tertiary/aromatic N) is 6. The van der Waals surface area contributed by atoms with Gasteiger partial charge in [-0.15, -0.1) is 0 Å². The van der Waals surface area contributed by atoms with Crippen LogP contribution in [0.3, 0.4) is 0 Å². The Labute approximate surface area is 218 Å². The van der Waals surface area contributed by atoms with Crippen LogP contribution in [0.5, 0.6) is 0 Å². The molecule has 8 heteroatoms. The molecular formula is C29H33N7O. The van der Waals surface area contributed by atoms with Crippen molar-refractivity contribution in [3.05, 3.63) is 89.9 Å². The Kier molecular flexibility index (Phi) is 7.56. The molecule has 0 bridgehead atoms. The molecule has 1 fully saturated rings. The molecule has 37 heavy (non-hydrogen) atoms. The zero-order valence-corrected chi connectivity index (χ0v) is 21.5. The molecule has 2 aromatic heterocycles. The molecule has 1 amide bonds. The van der Waals surface area contributed by atoms with E-state index in [4.69, 9.17) is 5.10 Å². The number of anilines is 1. The topological polar surface area (TPSA) is 79.2 Å². The largest absolute Gasteiger partial charge is 0.352 e. The summed E-state index contributed by atoms with van der Waals surface area (Å²) >= 11 is 0. The van der Waals surface area contributed by atoms with Crippen LogP contribution in [0.1, 0.15) is 27.9 Å². The maximum absolute atomic E-state index is 13.3. The normalized spacial score (nSPS) is 14.1. The SMILES string of the molecule is Cc1ccc(-c2nn(-c3ccccc3)cc2C(=O)NCCCN2CCN(c3ncccn3)CC2)cc1C. The molecule has 0 aliphatic carbocycles. The third kappa shape index (κ3) is 5.86. The second kappa shape index (κ2) is 11.3. The van der Waals surface area contributed by atoms with Crippen molar-refractivity contribution in [2.75, 3.05) is 44.2 Å². The van der Waals surface area contributed by atoms with Crippen LogP contribution in [-0.2, 0) is 0 Å². The molecule has 1 saturated heterocycles. The molecule has 0 atom stereocenters. The molecule has 0 unspecified atom stereocenters. The van der Waals surface area contributed by atoms with E-state index in [-0.39, 0.29) is 5.91 Å². The van der Waals surface area contributed by atoms with Crippen LogP contribution in [0, 0.1) is 13.8 Å². The van der Waals surface area contributed by atoms with E-state index in [9.17, 15) is 4.79 Å². The summed E-state index contributed by atoms with van der Waals surface area (Å²) in [5, 5.41) is 7.93. The summed E-state index contributed by atoms with van der Waals surface area (Å²) in [7, 11) is 0. The number of amides is 1. The van der Waals surface area contributed by atoms with Gasteiger partial charge < -0.3 is 10.2 Å². The Morgan fingerprint density at radius 2 is 1.68 bits per heavy atom. The number of aryl methyl sites for hydroxylation is 2. The van der Waals surface area contributed by atoms with Gasteiger partial charge in [-0.05, 0) is 62.2 Å². The molecule has 5 rings (SSSR count). The molecular weight excluding hydrogens is 462 g/mol. The summed E-state index contributed by atoms with van der Waals surface area (Å²) in [5.74, 6) is 0.700. The maximum atomic E-state index is 13.3. The van der Waals surface area contributed by atoms with E-state index < -0.39 is 0 Å². The average molecular weight is 496 g/mol. The first-order valence-electron chi connectivity index (χ1n) is 12.8. The predicted octanol–water partition coefficient (Wildman–Crippen LogP) is 3.89. The first-order chi connectivity index (χ1) is 18.1. The number of rotatable bonds is 8. The van der Waals surface area contributed by atoms with E-state index in [1.165, 1.54) is 11.1 Å². The third-order valence-corrected chi connectivity index (χ3v) is 6.90. The minimum atomic E-state index is -0.0959. The van der Waals surface area contributed by atoms with Crippen molar-refractivity contribution >= 4 is 11.9 Å². The van der Waals surface area contributed by atoms with E-state index in [1.807, 2.05) is 48.7 Å². The number of hydrogen-bond acceptors (Lipinski definition) is 6. The molecule has 0 radical (unpaired) electrons. The molecule has 0 spiro atoms. The Morgan fingerprint density at radius 3 is 2.41 bits per heavy atom. The highest BCUT2D eigenvalue weighted by Gasteiger charge is 2.20. The summed E-state index contributed by atoms with van der Waals surface area (Å²) in [6.45, 7) is 9.48. The second-order valence-electron chi connectivity index (χ2n) is 9.46. The highest BCUT2D eigenvalue weighted by atomic mass is 16.1. The molecule has 8 nitrogen and oxygen atoms in total. The zero-order chi connectivity index (χ0) is 25.6. The van der Waals surface area contributed by atoms with Gasteiger partial charge in [0.05, 0.1) is 11.3 Å². The Morgan fingerprint density at radius 1 is 0.919 bits per heavy atom. The minimum absolute atomic E-state index is 0.0959. The summed E-state index contributed by atoms with van der Waals surface area (Å²) in [4.78, 5) is 26.6. The predicted molar refractivity (Wildman–Crippen MR) is 146 cm³/mol. The Bertz CT molecular complexity index is 1330. The van der Waals surface area contributed by atoms with Gasteiger partial charge in [0.2, 0.25) is 5.95 Å². The van der Waals surface area contributed by atoms with Gasteiger partial charge >= 0.3 is 0 Å². The first kappa shape index (κ1) is 24.6. The van der Waals surface area contributed by atoms with Gasteiger partial charge in [0.15, 0.2) is 0 Å². The Hall–Kier alpha value is -4.04. The zero-order valence-electron chi connectivity index (χ0n) is 21.5. The molecule has 1 aliphatic rings. The number of piperazine rings is 1.